The summed E-state index contributed by atoms with van der Waals surface area (Å²) in [7, 11) is 0. The van der Waals surface area contributed by atoms with E-state index in [0.717, 1.165) is 0 Å². The van der Waals surface area contributed by atoms with Gasteiger partial charge in [0.2, 0.25) is 5.91 Å². The van der Waals surface area contributed by atoms with Gasteiger partial charge in [0.1, 0.15) is 17.1 Å². The van der Waals surface area contributed by atoms with Crippen LogP contribution in [0.15, 0.2) is 48.5 Å². The number of hydrogen-bond acceptors (Lipinski definition) is 4. The van der Waals surface area contributed by atoms with E-state index >= 15 is 0 Å². The maximum absolute atomic E-state index is 12.3. The fourth-order valence-electron chi connectivity index (χ4n) is 1.97. The van der Waals surface area contributed by atoms with E-state index in [1.807, 2.05) is 6.92 Å². The number of carbonyl (C=O) groups is 2. The second-order valence-corrected chi connectivity index (χ2v) is 4.75. The van der Waals surface area contributed by atoms with Crippen molar-refractivity contribution in [1.29, 1.82) is 0 Å². The van der Waals surface area contributed by atoms with Crippen LogP contribution in [0, 0.1) is 0 Å². The Morgan fingerprint density at radius 2 is 1.83 bits per heavy atom. The summed E-state index contributed by atoms with van der Waals surface area (Å²) < 4.78 is 10.8. The van der Waals surface area contributed by atoms with Crippen LogP contribution in [0.25, 0.3) is 0 Å². The molecule has 0 fully saturated rings. The largest absolute Gasteiger partial charge is 0.493 e. The van der Waals surface area contributed by atoms with Gasteiger partial charge in [0.15, 0.2) is 0 Å². The molecule has 0 aliphatic heterocycles. The van der Waals surface area contributed by atoms with Gasteiger partial charge in [-0.15, -0.1) is 0 Å². The van der Waals surface area contributed by atoms with Gasteiger partial charge in [0, 0.05) is 18.2 Å². The van der Waals surface area contributed by atoms with Crippen molar-refractivity contribution in [1.82, 2.24) is 0 Å². The van der Waals surface area contributed by atoms with Crippen LogP contribution in [0.2, 0.25) is 0 Å². The molecule has 0 radical (unpaired) electrons. The Bertz CT molecular complexity index is 697. The topological polar surface area (TPSA) is 64.6 Å². The first-order valence-corrected chi connectivity index (χ1v) is 7.48. The van der Waals surface area contributed by atoms with Gasteiger partial charge in [0.25, 0.3) is 0 Å². The number of rotatable bonds is 6. The third-order valence-electron chi connectivity index (χ3n) is 3.06. The van der Waals surface area contributed by atoms with Gasteiger partial charge in [-0.25, -0.2) is 4.79 Å². The summed E-state index contributed by atoms with van der Waals surface area (Å²) in [5.41, 5.74) is 0.942. The van der Waals surface area contributed by atoms with Gasteiger partial charge >= 0.3 is 5.97 Å². The molecule has 0 aliphatic carbocycles. The molecule has 0 atom stereocenters. The molecule has 0 unspecified atom stereocenters. The molecule has 2 aromatic carbocycles. The van der Waals surface area contributed by atoms with Gasteiger partial charge in [-0.05, 0) is 31.2 Å². The molecule has 1 N–H and O–H groups in total. The van der Waals surface area contributed by atoms with Crippen molar-refractivity contribution in [3.05, 3.63) is 54.1 Å². The normalized spacial score (nSPS) is 10.0. The predicted molar refractivity (Wildman–Crippen MR) is 87.9 cm³/mol. The Kier molecular flexibility index (Phi) is 5.74. The number of para-hydroxylation sites is 1. The van der Waals surface area contributed by atoms with Crippen molar-refractivity contribution in [2.45, 2.75) is 20.3 Å². The first-order valence-electron chi connectivity index (χ1n) is 7.48. The standard InChI is InChI=1S/C18H19NO4/c1-3-17(20)19-13-8-7-9-14(12-13)23-18(21)15-10-5-6-11-16(15)22-4-2/h5-12H,3-4H2,1-2H3,(H,19,20). The highest BCUT2D eigenvalue weighted by atomic mass is 16.5. The van der Waals surface area contributed by atoms with Crippen molar-refractivity contribution in [3.8, 4) is 11.5 Å². The number of nitrogens with one attached hydrogen (secondary N) is 1. The van der Waals surface area contributed by atoms with E-state index in [1.165, 1.54) is 0 Å². The molecule has 0 bridgehead atoms. The van der Waals surface area contributed by atoms with Crippen molar-refractivity contribution >= 4 is 17.6 Å². The number of esters is 1. The van der Waals surface area contributed by atoms with Crippen LogP contribution in [0.4, 0.5) is 5.69 Å². The lowest BCUT2D eigenvalue weighted by Crippen LogP contribution is -2.12. The van der Waals surface area contributed by atoms with Crippen LogP contribution in [-0.2, 0) is 4.79 Å². The van der Waals surface area contributed by atoms with Crippen molar-refractivity contribution in [2.75, 3.05) is 11.9 Å². The maximum atomic E-state index is 12.3. The SMILES string of the molecule is CCOc1ccccc1C(=O)Oc1cccc(NC(=O)CC)c1. The summed E-state index contributed by atoms with van der Waals surface area (Å²) in [6.45, 7) is 4.08. The van der Waals surface area contributed by atoms with Crippen LogP contribution in [0.5, 0.6) is 11.5 Å². The highest BCUT2D eigenvalue weighted by molar-refractivity contribution is 5.94. The third-order valence-corrected chi connectivity index (χ3v) is 3.06. The van der Waals surface area contributed by atoms with Gasteiger partial charge in [0.05, 0.1) is 6.61 Å². The summed E-state index contributed by atoms with van der Waals surface area (Å²) in [6, 6.07) is 13.6. The lowest BCUT2D eigenvalue weighted by Gasteiger charge is -2.10. The van der Waals surface area contributed by atoms with E-state index in [-0.39, 0.29) is 5.91 Å². The van der Waals surface area contributed by atoms with Gasteiger partial charge < -0.3 is 14.8 Å². The summed E-state index contributed by atoms with van der Waals surface area (Å²) in [5.74, 6) is 0.230. The number of anilines is 1. The molecule has 2 rings (SSSR count). The molecule has 5 nitrogen and oxygen atoms in total. The fraction of sp³-hybridized carbons (Fsp3) is 0.222. The Hall–Kier alpha value is -2.82. The Balaban J connectivity index is 2.14. The highest BCUT2D eigenvalue weighted by Gasteiger charge is 2.14. The van der Waals surface area contributed by atoms with Crippen LogP contribution < -0.4 is 14.8 Å². The molecular formula is C18H19NO4. The summed E-state index contributed by atoms with van der Waals surface area (Å²) in [4.78, 5) is 23.7. The maximum Gasteiger partial charge on any atom is 0.347 e. The number of benzene rings is 2. The summed E-state index contributed by atoms with van der Waals surface area (Å²) >= 11 is 0. The van der Waals surface area contributed by atoms with Crippen LogP contribution in [-0.4, -0.2) is 18.5 Å². The Morgan fingerprint density at radius 3 is 2.57 bits per heavy atom. The second-order valence-electron chi connectivity index (χ2n) is 4.75. The van der Waals surface area contributed by atoms with E-state index in [0.29, 0.717) is 35.8 Å². The Labute approximate surface area is 135 Å². The quantitative estimate of drug-likeness (QED) is 0.653. The molecule has 0 heterocycles. The molecule has 0 spiro atoms. The zero-order valence-corrected chi connectivity index (χ0v) is 13.2. The molecule has 0 aliphatic rings. The van der Waals surface area contributed by atoms with Crippen molar-refractivity contribution < 1.29 is 19.1 Å². The predicted octanol–water partition coefficient (Wildman–Crippen LogP) is 3.65. The number of amides is 1. The second kappa shape index (κ2) is 7.98. The zero-order chi connectivity index (χ0) is 16.7. The number of hydrogen-bond donors (Lipinski definition) is 1. The van der Waals surface area contributed by atoms with Crippen molar-refractivity contribution in [2.24, 2.45) is 0 Å². The third kappa shape index (κ3) is 4.57. The van der Waals surface area contributed by atoms with E-state index in [2.05, 4.69) is 5.32 Å². The molecule has 23 heavy (non-hydrogen) atoms. The van der Waals surface area contributed by atoms with E-state index in [9.17, 15) is 9.59 Å². The molecule has 1 amide bonds. The minimum atomic E-state index is -0.506. The van der Waals surface area contributed by atoms with Gasteiger partial charge in [-0.2, -0.15) is 0 Å². The van der Waals surface area contributed by atoms with E-state index < -0.39 is 5.97 Å². The highest BCUT2D eigenvalue weighted by Crippen LogP contribution is 2.22. The smallest absolute Gasteiger partial charge is 0.347 e. The average molecular weight is 313 g/mol. The monoisotopic (exact) mass is 313 g/mol. The molecule has 0 saturated carbocycles. The van der Waals surface area contributed by atoms with Crippen LogP contribution in [0.1, 0.15) is 30.6 Å². The van der Waals surface area contributed by atoms with Gasteiger partial charge in [-0.1, -0.05) is 25.1 Å². The molecule has 0 aromatic heterocycles. The van der Waals surface area contributed by atoms with E-state index in [4.69, 9.17) is 9.47 Å². The van der Waals surface area contributed by atoms with Crippen LogP contribution >= 0.6 is 0 Å². The molecule has 5 heteroatoms. The van der Waals surface area contributed by atoms with Crippen molar-refractivity contribution in [3.63, 3.8) is 0 Å². The number of carbonyl (C=O) groups excluding carboxylic acids is 2. The zero-order valence-electron chi connectivity index (χ0n) is 13.2. The molecule has 2 aromatic rings. The minimum Gasteiger partial charge on any atom is -0.493 e. The van der Waals surface area contributed by atoms with Gasteiger partial charge in [-0.3, -0.25) is 4.79 Å². The number of ether oxygens (including phenoxy) is 2. The fourth-order valence-corrected chi connectivity index (χ4v) is 1.97. The van der Waals surface area contributed by atoms with E-state index in [1.54, 1.807) is 55.5 Å². The first-order chi connectivity index (χ1) is 11.1. The lowest BCUT2D eigenvalue weighted by atomic mass is 10.2. The average Bonchev–Trinajstić information content (AvgIpc) is 2.56. The molecule has 0 saturated heterocycles. The lowest BCUT2D eigenvalue weighted by molar-refractivity contribution is -0.115. The Morgan fingerprint density at radius 1 is 1.04 bits per heavy atom. The van der Waals surface area contributed by atoms with Crippen LogP contribution in [0.3, 0.4) is 0 Å². The summed E-state index contributed by atoms with van der Waals surface area (Å²) in [6.07, 6.45) is 0.381. The molecule has 120 valence electrons. The molecular weight excluding hydrogens is 294 g/mol. The minimum absolute atomic E-state index is 0.102. The first kappa shape index (κ1) is 16.5. The summed E-state index contributed by atoms with van der Waals surface area (Å²) in [5, 5.41) is 2.72.